The van der Waals surface area contributed by atoms with Crippen molar-refractivity contribution in [3.8, 4) is 0 Å². The number of pyridine rings is 2. The van der Waals surface area contributed by atoms with E-state index in [4.69, 9.17) is 11.6 Å². The summed E-state index contributed by atoms with van der Waals surface area (Å²) in [6.07, 6.45) is 2.69. The summed E-state index contributed by atoms with van der Waals surface area (Å²) in [6.45, 7) is 8.82. The van der Waals surface area contributed by atoms with Crippen molar-refractivity contribution in [3.63, 3.8) is 0 Å². The van der Waals surface area contributed by atoms with Crippen molar-refractivity contribution in [2.45, 2.75) is 40.3 Å². The number of aryl methyl sites for hydroxylation is 2. The SMILES string of the molecule is Cc1ncccc1N1CC[C@@H](C(=O)N2Cc3nc(C)c(Cl)c(C)c3C2)C1. The number of hydrogen-bond donors (Lipinski definition) is 0. The van der Waals surface area contributed by atoms with E-state index in [9.17, 15) is 4.79 Å². The number of halogens is 1. The molecule has 2 aromatic rings. The number of nitrogens with zero attached hydrogens (tertiary/aromatic N) is 4. The third kappa shape index (κ3) is 2.84. The van der Waals surface area contributed by atoms with Crippen LogP contribution in [-0.2, 0) is 17.9 Å². The maximum Gasteiger partial charge on any atom is 0.228 e. The summed E-state index contributed by atoms with van der Waals surface area (Å²) in [6, 6.07) is 4.04. The molecule has 1 fully saturated rings. The van der Waals surface area contributed by atoms with Gasteiger partial charge in [0.1, 0.15) is 0 Å². The van der Waals surface area contributed by atoms with Crippen molar-refractivity contribution in [2.75, 3.05) is 18.0 Å². The van der Waals surface area contributed by atoms with Crippen LogP contribution in [0.4, 0.5) is 5.69 Å². The van der Waals surface area contributed by atoms with Gasteiger partial charge in [0.25, 0.3) is 0 Å². The molecule has 0 spiro atoms. The van der Waals surface area contributed by atoms with Gasteiger partial charge < -0.3 is 9.80 Å². The molecule has 0 N–H and O–H groups in total. The second-order valence-corrected chi connectivity index (χ2v) is 7.67. The van der Waals surface area contributed by atoms with Crippen molar-refractivity contribution in [1.82, 2.24) is 14.9 Å². The van der Waals surface area contributed by atoms with E-state index < -0.39 is 0 Å². The first-order valence-electron chi connectivity index (χ1n) is 9.05. The van der Waals surface area contributed by atoms with Gasteiger partial charge in [-0.3, -0.25) is 14.8 Å². The number of rotatable bonds is 2. The summed E-state index contributed by atoms with van der Waals surface area (Å²) >= 11 is 6.34. The number of fused-ring (bicyclic) bond motifs is 1. The van der Waals surface area contributed by atoms with E-state index in [1.807, 2.05) is 31.7 Å². The summed E-state index contributed by atoms with van der Waals surface area (Å²) < 4.78 is 0. The van der Waals surface area contributed by atoms with Gasteiger partial charge >= 0.3 is 0 Å². The highest BCUT2D eigenvalue weighted by molar-refractivity contribution is 6.32. The van der Waals surface area contributed by atoms with E-state index in [1.54, 1.807) is 6.20 Å². The van der Waals surface area contributed by atoms with Gasteiger partial charge in [-0.1, -0.05) is 11.6 Å². The zero-order valence-corrected chi connectivity index (χ0v) is 16.2. The van der Waals surface area contributed by atoms with Crippen molar-refractivity contribution in [1.29, 1.82) is 0 Å². The minimum Gasteiger partial charge on any atom is -0.369 e. The van der Waals surface area contributed by atoms with Gasteiger partial charge in [-0.25, -0.2) is 0 Å². The predicted molar refractivity (Wildman–Crippen MR) is 102 cm³/mol. The van der Waals surface area contributed by atoms with E-state index in [0.717, 1.165) is 58.4 Å². The van der Waals surface area contributed by atoms with Gasteiger partial charge in [0.05, 0.1) is 40.3 Å². The van der Waals surface area contributed by atoms with E-state index in [2.05, 4.69) is 20.9 Å². The second-order valence-electron chi connectivity index (χ2n) is 7.30. The highest BCUT2D eigenvalue weighted by Crippen LogP contribution is 2.33. The Morgan fingerprint density at radius 3 is 2.81 bits per heavy atom. The highest BCUT2D eigenvalue weighted by atomic mass is 35.5. The quantitative estimate of drug-likeness (QED) is 0.812. The highest BCUT2D eigenvalue weighted by Gasteiger charge is 2.35. The number of carbonyl (C=O) groups is 1. The maximum atomic E-state index is 13.1. The van der Waals surface area contributed by atoms with Gasteiger partial charge in [0.2, 0.25) is 5.91 Å². The van der Waals surface area contributed by atoms with Crippen molar-refractivity contribution >= 4 is 23.2 Å². The average Bonchev–Trinajstić information content (AvgIpc) is 3.27. The lowest BCUT2D eigenvalue weighted by Gasteiger charge is -2.22. The Kier molecular flexibility index (Phi) is 4.35. The molecule has 4 heterocycles. The lowest BCUT2D eigenvalue weighted by molar-refractivity contribution is -0.135. The molecule has 0 saturated carbocycles. The molecule has 2 aromatic heterocycles. The topological polar surface area (TPSA) is 49.3 Å². The Bertz CT molecular complexity index is 882. The van der Waals surface area contributed by atoms with Crippen LogP contribution in [0.2, 0.25) is 5.02 Å². The molecular weight excluding hydrogens is 348 g/mol. The van der Waals surface area contributed by atoms with Crippen LogP contribution in [0.3, 0.4) is 0 Å². The Morgan fingerprint density at radius 1 is 1.23 bits per heavy atom. The standard InChI is InChI=1S/C20H23ClN4O/c1-12-16-10-25(11-17(16)23-14(3)19(12)21)20(26)15-6-8-24(9-15)18-5-4-7-22-13(18)2/h4-5,7,15H,6,8-11H2,1-3H3/t15-/m1/s1. The molecule has 26 heavy (non-hydrogen) atoms. The molecule has 6 heteroatoms. The summed E-state index contributed by atoms with van der Waals surface area (Å²) in [5.74, 6) is 0.251. The van der Waals surface area contributed by atoms with Crippen LogP contribution in [0.1, 0.15) is 34.6 Å². The average molecular weight is 371 g/mol. The minimum atomic E-state index is 0.0285. The molecule has 2 aliphatic heterocycles. The first kappa shape index (κ1) is 17.3. The summed E-state index contributed by atoms with van der Waals surface area (Å²) in [4.78, 5) is 26.3. The van der Waals surface area contributed by atoms with Crippen molar-refractivity contribution < 1.29 is 4.79 Å². The normalized spacial score (nSPS) is 19.2. The fourth-order valence-electron chi connectivity index (χ4n) is 4.11. The smallest absolute Gasteiger partial charge is 0.228 e. The minimum absolute atomic E-state index is 0.0285. The Balaban J connectivity index is 1.48. The summed E-state index contributed by atoms with van der Waals surface area (Å²) in [7, 11) is 0. The summed E-state index contributed by atoms with van der Waals surface area (Å²) in [5, 5.41) is 0.720. The van der Waals surface area contributed by atoms with Crippen LogP contribution in [0.5, 0.6) is 0 Å². The monoisotopic (exact) mass is 370 g/mol. The molecule has 0 unspecified atom stereocenters. The second kappa shape index (κ2) is 6.54. The molecule has 1 saturated heterocycles. The van der Waals surface area contributed by atoms with Crippen LogP contribution >= 0.6 is 11.6 Å². The molecular formula is C20H23ClN4O. The number of amides is 1. The molecule has 0 aliphatic carbocycles. The third-order valence-corrected chi connectivity index (χ3v) is 6.17. The molecule has 0 aromatic carbocycles. The summed E-state index contributed by atoms with van der Waals surface area (Å²) in [5.41, 5.74) is 6.16. The lowest BCUT2D eigenvalue weighted by atomic mass is 10.1. The Labute approximate surface area is 159 Å². The van der Waals surface area contributed by atoms with Gasteiger partial charge in [-0.05, 0) is 50.5 Å². The van der Waals surface area contributed by atoms with E-state index >= 15 is 0 Å². The van der Waals surface area contributed by atoms with E-state index in [1.165, 1.54) is 0 Å². The Hall–Kier alpha value is -2.14. The largest absolute Gasteiger partial charge is 0.369 e. The first-order chi connectivity index (χ1) is 12.5. The Morgan fingerprint density at radius 2 is 2.04 bits per heavy atom. The van der Waals surface area contributed by atoms with E-state index in [0.29, 0.717) is 13.1 Å². The van der Waals surface area contributed by atoms with Crippen molar-refractivity contribution in [2.24, 2.45) is 5.92 Å². The third-order valence-electron chi connectivity index (χ3n) is 5.61. The van der Waals surface area contributed by atoms with E-state index in [-0.39, 0.29) is 11.8 Å². The maximum absolute atomic E-state index is 13.1. The fraction of sp³-hybridized carbons (Fsp3) is 0.450. The molecule has 1 atom stereocenters. The zero-order chi connectivity index (χ0) is 18.4. The van der Waals surface area contributed by atoms with Gasteiger partial charge in [0.15, 0.2) is 0 Å². The fourth-order valence-corrected chi connectivity index (χ4v) is 4.27. The van der Waals surface area contributed by atoms with Gasteiger partial charge in [-0.2, -0.15) is 0 Å². The van der Waals surface area contributed by atoms with Gasteiger partial charge in [0, 0.05) is 25.8 Å². The van der Waals surface area contributed by atoms with Crippen LogP contribution < -0.4 is 4.90 Å². The molecule has 2 aliphatic rings. The molecule has 0 bridgehead atoms. The molecule has 1 amide bonds. The van der Waals surface area contributed by atoms with Gasteiger partial charge in [-0.15, -0.1) is 0 Å². The molecule has 4 rings (SSSR count). The number of anilines is 1. The lowest BCUT2D eigenvalue weighted by Crippen LogP contribution is -2.34. The number of aromatic nitrogens is 2. The van der Waals surface area contributed by atoms with Crippen LogP contribution in [0.25, 0.3) is 0 Å². The van der Waals surface area contributed by atoms with Crippen LogP contribution in [0.15, 0.2) is 18.3 Å². The van der Waals surface area contributed by atoms with Crippen LogP contribution in [-0.4, -0.2) is 33.9 Å². The predicted octanol–water partition coefficient (Wildman–Crippen LogP) is 3.42. The number of hydrogen-bond acceptors (Lipinski definition) is 4. The van der Waals surface area contributed by atoms with Crippen molar-refractivity contribution in [3.05, 3.63) is 51.6 Å². The first-order valence-corrected chi connectivity index (χ1v) is 9.43. The molecule has 136 valence electrons. The molecule has 0 radical (unpaired) electrons. The molecule has 5 nitrogen and oxygen atoms in total. The van der Waals surface area contributed by atoms with Crippen LogP contribution in [0, 0.1) is 26.7 Å². The number of carbonyl (C=O) groups excluding carboxylic acids is 1. The zero-order valence-electron chi connectivity index (χ0n) is 15.4.